The minimum absolute atomic E-state index is 0.00405. The van der Waals surface area contributed by atoms with Crippen molar-refractivity contribution in [3.63, 3.8) is 0 Å². The van der Waals surface area contributed by atoms with Crippen molar-refractivity contribution < 1.29 is 18.3 Å². The van der Waals surface area contributed by atoms with E-state index in [9.17, 15) is 13.6 Å². The molecule has 9 nitrogen and oxygen atoms in total. The van der Waals surface area contributed by atoms with E-state index in [0.717, 1.165) is 5.69 Å². The predicted octanol–water partition coefficient (Wildman–Crippen LogP) is 6.02. The van der Waals surface area contributed by atoms with Gasteiger partial charge in [-0.15, -0.1) is 0 Å². The zero-order chi connectivity index (χ0) is 26.5. The molecule has 0 aliphatic rings. The molecule has 0 aliphatic carbocycles. The van der Waals surface area contributed by atoms with Crippen molar-refractivity contribution in [3.05, 3.63) is 109 Å². The van der Waals surface area contributed by atoms with Gasteiger partial charge in [-0.3, -0.25) is 9.48 Å². The van der Waals surface area contributed by atoms with Crippen LogP contribution < -0.4 is 20.7 Å². The summed E-state index contributed by atoms with van der Waals surface area (Å²) in [5, 5.41) is 12.8. The first-order valence-electron chi connectivity index (χ1n) is 11.4. The quantitative estimate of drug-likeness (QED) is 0.233. The van der Waals surface area contributed by atoms with Gasteiger partial charge in [0.1, 0.15) is 23.2 Å². The van der Waals surface area contributed by atoms with E-state index in [1.54, 1.807) is 60.7 Å². The lowest BCUT2D eigenvalue weighted by Gasteiger charge is -2.13. The van der Waals surface area contributed by atoms with Crippen molar-refractivity contribution >= 4 is 34.6 Å². The molecule has 1 amide bonds. The highest BCUT2D eigenvalue weighted by atomic mass is 19.1. The number of hydrogen-bond acceptors (Lipinski definition) is 7. The number of amides is 1. The van der Waals surface area contributed by atoms with Gasteiger partial charge in [0.15, 0.2) is 11.6 Å². The first-order valence-corrected chi connectivity index (χ1v) is 11.4. The van der Waals surface area contributed by atoms with Crippen molar-refractivity contribution in [3.8, 4) is 11.5 Å². The SMILES string of the molecule is Cn1cc(Nc2cc(Oc3ccc(Nc4ncccc4C(=O)Nc4ccc(F)cc4)cc3F)ccn2)cn1. The highest BCUT2D eigenvalue weighted by Crippen LogP contribution is 2.29. The Kier molecular flexibility index (Phi) is 6.89. The first kappa shape index (κ1) is 24.4. The topological polar surface area (TPSA) is 106 Å². The van der Waals surface area contributed by atoms with E-state index in [4.69, 9.17) is 4.74 Å². The number of nitrogens with one attached hydrogen (secondary N) is 3. The average Bonchev–Trinajstić information content (AvgIpc) is 3.32. The van der Waals surface area contributed by atoms with Gasteiger partial charge in [0.25, 0.3) is 5.91 Å². The molecule has 0 radical (unpaired) electrons. The van der Waals surface area contributed by atoms with E-state index in [0.29, 0.717) is 22.9 Å². The molecule has 0 atom stereocenters. The number of anilines is 5. The van der Waals surface area contributed by atoms with Gasteiger partial charge in [-0.25, -0.2) is 18.7 Å². The highest BCUT2D eigenvalue weighted by molar-refractivity contribution is 6.07. The lowest BCUT2D eigenvalue weighted by Crippen LogP contribution is -2.14. The Morgan fingerprint density at radius 2 is 1.71 bits per heavy atom. The molecule has 0 bridgehead atoms. The van der Waals surface area contributed by atoms with Crippen molar-refractivity contribution in [1.82, 2.24) is 19.7 Å². The third-order valence-electron chi connectivity index (χ3n) is 5.29. The van der Waals surface area contributed by atoms with Crippen LogP contribution in [0, 0.1) is 11.6 Å². The average molecular weight is 514 g/mol. The second-order valence-electron chi connectivity index (χ2n) is 8.14. The number of benzene rings is 2. The summed E-state index contributed by atoms with van der Waals surface area (Å²) in [6, 6.07) is 16.1. The second-order valence-corrected chi connectivity index (χ2v) is 8.14. The van der Waals surface area contributed by atoms with Gasteiger partial charge in [0.05, 0.1) is 17.4 Å². The van der Waals surface area contributed by atoms with Crippen LogP contribution in [0.5, 0.6) is 11.5 Å². The Hall–Kier alpha value is -5.32. The number of pyridine rings is 2. The lowest BCUT2D eigenvalue weighted by molar-refractivity contribution is 0.102. The Labute approximate surface area is 216 Å². The number of hydrogen-bond donors (Lipinski definition) is 3. The fraction of sp³-hybridized carbons (Fsp3) is 0.0370. The largest absolute Gasteiger partial charge is 0.454 e. The van der Waals surface area contributed by atoms with E-state index in [1.807, 2.05) is 0 Å². The summed E-state index contributed by atoms with van der Waals surface area (Å²) in [4.78, 5) is 21.2. The van der Waals surface area contributed by atoms with Crippen molar-refractivity contribution in [2.75, 3.05) is 16.0 Å². The maximum absolute atomic E-state index is 14.9. The van der Waals surface area contributed by atoms with E-state index in [1.165, 1.54) is 42.6 Å². The molecular weight excluding hydrogens is 492 g/mol. The molecule has 2 aromatic carbocycles. The standard InChI is InChI=1S/C27H21F2N7O2/c1-36-16-20(15-32-36)33-25-14-21(10-12-30-25)38-24-9-8-19(13-23(24)29)34-26-22(3-2-11-31-26)27(37)35-18-6-4-17(28)5-7-18/h2-16H,1H3,(H,30,33)(H,31,34)(H,35,37). The minimum Gasteiger partial charge on any atom is -0.454 e. The highest BCUT2D eigenvalue weighted by Gasteiger charge is 2.14. The van der Waals surface area contributed by atoms with Crippen LogP contribution in [-0.2, 0) is 7.05 Å². The van der Waals surface area contributed by atoms with E-state index in [2.05, 4.69) is 31.0 Å². The first-order chi connectivity index (χ1) is 18.4. The number of aryl methyl sites for hydroxylation is 1. The van der Waals surface area contributed by atoms with Gasteiger partial charge >= 0.3 is 0 Å². The molecule has 11 heteroatoms. The fourth-order valence-electron chi connectivity index (χ4n) is 3.52. The molecule has 0 saturated heterocycles. The van der Waals surface area contributed by atoms with Gasteiger partial charge < -0.3 is 20.7 Å². The summed E-state index contributed by atoms with van der Waals surface area (Å²) in [6.45, 7) is 0. The molecule has 0 unspecified atom stereocenters. The van der Waals surface area contributed by atoms with Crippen LogP contribution in [0.4, 0.5) is 37.5 Å². The Morgan fingerprint density at radius 3 is 2.47 bits per heavy atom. The minimum atomic E-state index is -0.623. The van der Waals surface area contributed by atoms with Gasteiger partial charge in [-0.05, 0) is 54.6 Å². The number of carbonyl (C=O) groups excluding carboxylic acids is 1. The molecule has 5 aromatic rings. The monoisotopic (exact) mass is 513 g/mol. The number of nitrogens with zero attached hydrogens (tertiary/aromatic N) is 4. The summed E-state index contributed by atoms with van der Waals surface area (Å²) < 4.78 is 35.5. The number of ether oxygens (including phenoxy) is 1. The molecule has 3 N–H and O–H groups in total. The Balaban J connectivity index is 1.28. The van der Waals surface area contributed by atoms with Gasteiger partial charge in [0, 0.05) is 49.1 Å². The smallest absolute Gasteiger partial charge is 0.259 e. The van der Waals surface area contributed by atoms with Crippen LogP contribution in [0.1, 0.15) is 10.4 Å². The Morgan fingerprint density at radius 1 is 0.895 bits per heavy atom. The summed E-state index contributed by atoms with van der Waals surface area (Å²) in [5.74, 6) is -0.370. The summed E-state index contributed by atoms with van der Waals surface area (Å²) in [7, 11) is 1.80. The molecule has 3 aromatic heterocycles. The molecule has 5 rings (SSSR count). The number of aromatic nitrogens is 4. The van der Waals surface area contributed by atoms with Crippen LogP contribution in [0.3, 0.4) is 0 Å². The third-order valence-corrected chi connectivity index (χ3v) is 5.29. The number of rotatable bonds is 8. The maximum atomic E-state index is 14.9. The molecule has 0 spiro atoms. The zero-order valence-corrected chi connectivity index (χ0v) is 20.0. The third kappa shape index (κ3) is 5.90. The molecule has 190 valence electrons. The normalized spacial score (nSPS) is 10.6. The fourth-order valence-corrected chi connectivity index (χ4v) is 3.52. The summed E-state index contributed by atoms with van der Waals surface area (Å²) >= 11 is 0. The van der Waals surface area contributed by atoms with Crippen LogP contribution in [0.15, 0.2) is 91.5 Å². The van der Waals surface area contributed by atoms with E-state index >= 15 is 0 Å². The zero-order valence-electron chi connectivity index (χ0n) is 20.0. The van der Waals surface area contributed by atoms with Crippen LogP contribution in [0.25, 0.3) is 0 Å². The van der Waals surface area contributed by atoms with Gasteiger partial charge in [0.2, 0.25) is 0 Å². The van der Waals surface area contributed by atoms with Gasteiger partial charge in [-0.2, -0.15) is 5.10 Å². The molecule has 0 fully saturated rings. The van der Waals surface area contributed by atoms with Crippen molar-refractivity contribution in [1.29, 1.82) is 0 Å². The molecule has 0 aliphatic heterocycles. The second kappa shape index (κ2) is 10.7. The van der Waals surface area contributed by atoms with E-state index < -0.39 is 17.5 Å². The van der Waals surface area contributed by atoms with Crippen LogP contribution in [-0.4, -0.2) is 25.7 Å². The molecule has 0 saturated carbocycles. The summed E-state index contributed by atoms with van der Waals surface area (Å²) in [5.41, 5.74) is 1.76. The lowest BCUT2D eigenvalue weighted by atomic mass is 10.2. The Bertz CT molecular complexity index is 1590. The van der Waals surface area contributed by atoms with Crippen molar-refractivity contribution in [2.45, 2.75) is 0 Å². The van der Waals surface area contributed by atoms with E-state index in [-0.39, 0.29) is 17.1 Å². The van der Waals surface area contributed by atoms with Crippen LogP contribution >= 0.6 is 0 Å². The number of carbonyl (C=O) groups is 1. The maximum Gasteiger partial charge on any atom is 0.259 e. The summed E-state index contributed by atoms with van der Waals surface area (Å²) in [6.07, 6.45) is 6.49. The molecule has 38 heavy (non-hydrogen) atoms. The number of halogens is 2. The molecular formula is C27H21F2N7O2. The predicted molar refractivity (Wildman–Crippen MR) is 139 cm³/mol. The molecule has 3 heterocycles. The van der Waals surface area contributed by atoms with Crippen LogP contribution in [0.2, 0.25) is 0 Å². The van der Waals surface area contributed by atoms with Crippen molar-refractivity contribution in [2.24, 2.45) is 7.05 Å². The van der Waals surface area contributed by atoms with Gasteiger partial charge in [-0.1, -0.05) is 0 Å².